The van der Waals surface area contributed by atoms with E-state index >= 15 is 0 Å². The summed E-state index contributed by atoms with van der Waals surface area (Å²) in [6.07, 6.45) is 1.02. The maximum atomic E-state index is 12.4. The van der Waals surface area contributed by atoms with Crippen LogP contribution < -0.4 is 5.32 Å². The average Bonchev–Trinajstić information content (AvgIpc) is 2.56. The number of rotatable bonds is 6. The fourth-order valence-corrected chi connectivity index (χ4v) is 3.23. The zero-order valence-corrected chi connectivity index (χ0v) is 15.2. The van der Waals surface area contributed by atoms with Crippen LogP contribution in [-0.2, 0) is 11.2 Å². The van der Waals surface area contributed by atoms with E-state index in [2.05, 4.69) is 36.5 Å². The highest BCUT2D eigenvalue weighted by Crippen LogP contribution is 2.25. The Hall–Kier alpha value is -1.45. The third kappa shape index (κ3) is 5.29. The molecule has 122 valence electrons. The van der Waals surface area contributed by atoms with Crippen LogP contribution in [0.1, 0.15) is 37.9 Å². The van der Waals surface area contributed by atoms with Crippen LogP contribution in [0.15, 0.2) is 53.4 Å². The van der Waals surface area contributed by atoms with Gasteiger partial charge in [0.25, 0.3) is 0 Å². The van der Waals surface area contributed by atoms with Crippen molar-refractivity contribution < 1.29 is 4.79 Å². The summed E-state index contributed by atoms with van der Waals surface area (Å²) in [6, 6.07) is 15.9. The number of hydrogen-bond acceptors (Lipinski definition) is 2. The van der Waals surface area contributed by atoms with Crippen molar-refractivity contribution in [2.75, 3.05) is 0 Å². The molecule has 23 heavy (non-hydrogen) atoms. The summed E-state index contributed by atoms with van der Waals surface area (Å²) in [5, 5.41) is 3.62. The van der Waals surface area contributed by atoms with E-state index in [0.717, 1.165) is 16.9 Å². The minimum atomic E-state index is -0.159. The first-order chi connectivity index (χ1) is 11.0. The molecule has 0 saturated carbocycles. The van der Waals surface area contributed by atoms with Gasteiger partial charge in [-0.2, -0.15) is 0 Å². The first-order valence-electron chi connectivity index (χ1n) is 7.81. The van der Waals surface area contributed by atoms with Crippen LogP contribution in [0, 0.1) is 0 Å². The first-order valence-corrected chi connectivity index (χ1v) is 9.06. The summed E-state index contributed by atoms with van der Waals surface area (Å²) in [5.41, 5.74) is 2.43. The van der Waals surface area contributed by atoms with Crippen molar-refractivity contribution in [3.8, 4) is 0 Å². The smallest absolute Gasteiger partial charge is 0.233 e. The van der Waals surface area contributed by atoms with Gasteiger partial charge in [0, 0.05) is 9.92 Å². The molecule has 2 aromatic rings. The lowest BCUT2D eigenvalue weighted by Gasteiger charge is -2.18. The molecule has 0 fully saturated rings. The average molecular weight is 348 g/mol. The van der Waals surface area contributed by atoms with Gasteiger partial charge < -0.3 is 5.32 Å². The van der Waals surface area contributed by atoms with Crippen molar-refractivity contribution in [1.29, 1.82) is 0 Å². The largest absolute Gasteiger partial charge is 0.349 e. The number of amides is 1. The van der Waals surface area contributed by atoms with Crippen LogP contribution in [-0.4, -0.2) is 11.2 Å². The van der Waals surface area contributed by atoms with E-state index in [1.54, 1.807) is 0 Å². The van der Waals surface area contributed by atoms with Crippen LogP contribution in [0.5, 0.6) is 0 Å². The molecule has 0 saturated heterocycles. The zero-order valence-electron chi connectivity index (χ0n) is 13.7. The molecule has 1 amide bonds. The third-order valence-corrected chi connectivity index (χ3v) is 5.11. The lowest BCUT2D eigenvalue weighted by molar-refractivity contribution is -0.120. The minimum Gasteiger partial charge on any atom is -0.349 e. The van der Waals surface area contributed by atoms with E-state index in [0.29, 0.717) is 5.02 Å². The molecule has 0 bridgehead atoms. The van der Waals surface area contributed by atoms with Crippen LogP contribution in [0.4, 0.5) is 0 Å². The maximum Gasteiger partial charge on any atom is 0.233 e. The third-order valence-electron chi connectivity index (χ3n) is 3.74. The number of aryl methyl sites for hydroxylation is 1. The van der Waals surface area contributed by atoms with Crippen molar-refractivity contribution in [3.05, 3.63) is 64.7 Å². The summed E-state index contributed by atoms with van der Waals surface area (Å²) < 4.78 is 0. The Kier molecular flexibility index (Phi) is 6.55. The number of carbonyl (C=O) groups is 1. The van der Waals surface area contributed by atoms with E-state index in [1.807, 2.05) is 38.1 Å². The summed E-state index contributed by atoms with van der Waals surface area (Å²) in [5.74, 6) is 0.0389. The van der Waals surface area contributed by atoms with E-state index in [1.165, 1.54) is 17.3 Å². The quantitative estimate of drug-likeness (QED) is 0.722. The Morgan fingerprint density at radius 2 is 1.70 bits per heavy atom. The molecule has 0 radical (unpaired) electrons. The summed E-state index contributed by atoms with van der Waals surface area (Å²) >= 11 is 7.41. The molecule has 0 aliphatic carbocycles. The predicted molar refractivity (Wildman–Crippen MR) is 99.1 cm³/mol. The van der Waals surface area contributed by atoms with Gasteiger partial charge in [0.15, 0.2) is 0 Å². The second-order valence-corrected chi connectivity index (χ2v) is 7.39. The normalized spacial score (nSPS) is 13.4. The maximum absolute atomic E-state index is 12.4. The Balaban J connectivity index is 1.92. The Morgan fingerprint density at radius 3 is 2.26 bits per heavy atom. The second-order valence-electron chi connectivity index (χ2n) is 5.54. The minimum absolute atomic E-state index is 0.00155. The summed E-state index contributed by atoms with van der Waals surface area (Å²) in [7, 11) is 0. The second kappa shape index (κ2) is 8.42. The van der Waals surface area contributed by atoms with Gasteiger partial charge >= 0.3 is 0 Å². The molecule has 2 nitrogen and oxygen atoms in total. The topological polar surface area (TPSA) is 29.1 Å². The monoisotopic (exact) mass is 347 g/mol. The lowest BCUT2D eigenvalue weighted by atomic mass is 10.0. The van der Waals surface area contributed by atoms with Crippen molar-refractivity contribution in [2.24, 2.45) is 0 Å². The van der Waals surface area contributed by atoms with Gasteiger partial charge in [-0.25, -0.2) is 0 Å². The Bertz CT molecular complexity index is 639. The molecule has 2 rings (SSSR count). The van der Waals surface area contributed by atoms with Crippen molar-refractivity contribution >= 4 is 29.3 Å². The molecule has 0 unspecified atom stereocenters. The molecule has 2 atom stereocenters. The van der Waals surface area contributed by atoms with E-state index in [9.17, 15) is 4.79 Å². The highest BCUT2D eigenvalue weighted by molar-refractivity contribution is 8.00. The number of halogens is 1. The van der Waals surface area contributed by atoms with Gasteiger partial charge in [-0.1, -0.05) is 42.8 Å². The van der Waals surface area contributed by atoms with Crippen LogP contribution >= 0.6 is 23.4 Å². The Morgan fingerprint density at radius 1 is 1.09 bits per heavy atom. The van der Waals surface area contributed by atoms with E-state index in [-0.39, 0.29) is 17.2 Å². The molecule has 2 aromatic carbocycles. The van der Waals surface area contributed by atoms with Gasteiger partial charge in [0.2, 0.25) is 5.91 Å². The number of carbonyl (C=O) groups excluding carboxylic acids is 1. The van der Waals surface area contributed by atoms with Gasteiger partial charge in [-0.05, 0) is 55.7 Å². The molecular formula is C19H22ClNOS. The molecule has 1 N–H and O–H groups in total. The molecule has 0 aliphatic heterocycles. The van der Waals surface area contributed by atoms with Gasteiger partial charge in [0.05, 0.1) is 11.3 Å². The first kappa shape index (κ1) is 17.9. The van der Waals surface area contributed by atoms with Gasteiger partial charge in [-0.15, -0.1) is 11.8 Å². The fraction of sp³-hybridized carbons (Fsp3) is 0.316. The fourth-order valence-electron chi connectivity index (χ4n) is 2.23. The number of thioether (sulfide) groups is 1. The molecule has 0 aliphatic rings. The molecule has 0 spiro atoms. The van der Waals surface area contributed by atoms with Gasteiger partial charge in [0.1, 0.15) is 0 Å². The molecule has 0 aromatic heterocycles. The van der Waals surface area contributed by atoms with Crippen molar-refractivity contribution in [1.82, 2.24) is 5.32 Å². The number of hydrogen-bond donors (Lipinski definition) is 1. The number of nitrogens with one attached hydrogen (secondary N) is 1. The summed E-state index contributed by atoms with van der Waals surface area (Å²) in [4.78, 5) is 13.4. The standard InChI is InChI=1S/C19H22ClNOS/c1-4-15-5-7-16(8-6-15)13(2)21-19(22)14(3)23-18-11-9-17(20)10-12-18/h5-14H,4H2,1-3H3,(H,21,22)/t13-,14+/m1/s1. The van der Waals surface area contributed by atoms with Crippen molar-refractivity contribution in [2.45, 2.75) is 43.4 Å². The van der Waals surface area contributed by atoms with Crippen LogP contribution in [0.3, 0.4) is 0 Å². The highest BCUT2D eigenvalue weighted by Gasteiger charge is 2.17. The van der Waals surface area contributed by atoms with Gasteiger partial charge in [-0.3, -0.25) is 4.79 Å². The zero-order chi connectivity index (χ0) is 16.8. The highest BCUT2D eigenvalue weighted by atomic mass is 35.5. The Labute approximate surface area is 147 Å². The van der Waals surface area contributed by atoms with Crippen LogP contribution in [0.25, 0.3) is 0 Å². The van der Waals surface area contributed by atoms with Crippen molar-refractivity contribution in [3.63, 3.8) is 0 Å². The SMILES string of the molecule is CCc1ccc([C@@H](C)NC(=O)[C@H](C)Sc2ccc(Cl)cc2)cc1. The molecule has 0 heterocycles. The van der Waals surface area contributed by atoms with E-state index in [4.69, 9.17) is 11.6 Å². The summed E-state index contributed by atoms with van der Waals surface area (Å²) in [6.45, 7) is 6.07. The number of benzene rings is 2. The molecular weight excluding hydrogens is 326 g/mol. The van der Waals surface area contributed by atoms with E-state index < -0.39 is 0 Å². The lowest BCUT2D eigenvalue weighted by Crippen LogP contribution is -2.33. The molecule has 4 heteroatoms. The van der Waals surface area contributed by atoms with Crippen LogP contribution in [0.2, 0.25) is 5.02 Å². The predicted octanol–water partition coefficient (Wildman–Crippen LogP) is 5.26.